The van der Waals surface area contributed by atoms with Crippen LogP contribution in [0.1, 0.15) is 0 Å². The first kappa shape index (κ1) is 7.01. The summed E-state index contributed by atoms with van der Waals surface area (Å²) in [6.45, 7) is 0. The quantitative estimate of drug-likeness (QED) is 0.508. The number of rotatable bonds is 0. The fourth-order valence-electron chi connectivity index (χ4n) is 1.20. The van der Waals surface area contributed by atoms with Crippen molar-refractivity contribution in [1.29, 1.82) is 5.26 Å². The van der Waals surface area contributed by atoms with Crippen LogP contribution in [0.5, 0.6) is 0 Å². The first-order valence-electron chi connectivity index (χ1n) is 3.55. The average molecular weight is 158 g/mol. The standard InChI is InChI=1S/C9H6N2O/c10-6-9(12)5-7-3-1-2-4-8(7)11-9/h1-5,12H. The number of hydrogen-bond donors (Lipinski definition) is 1. The Morgan fingerprint density at radius 1 is 1.42 bits per heavy atom. The van der Waals surface area contributed by atoms with Gasteiger partial charge < -0.3 is 5.11 Å². The molecule has 2 rings (SSSR count). The van der Waals surface area contributed by atoms with Gasteiger partial charge in [-0.25, -0.2) is 4.99 Å². The van der Waals surface area contributed by atoms with Gasteiger partial charge in [0, 0.05) is 5.22 Å². The van der Waals surface area contributed by atoms with E-state index < -0.39 is 5.72 Å². The number of nitriles is 1. The highest BCUT2D eigenvalue weighted by molar-refractivity contribution is 5.43. The van der Waals surface area contributed by atoms with Gasteiger partial charge in [0.2, 0.25) is 0 Å². The molecular weight excluding hydrogens is 152 g/mol. The molecular formula is C9H6N2O. The summed E-state index contributed by atoms with van der Waals surface area (Å²) in [5, 5.41) is 19.5. The summed E-state index contributed by atoms with van der Waals surface area (Å²) in [6.07, 6.45) is 1.45. The van der Waals surface area contributed by atoms with Gasteiger partial charge in [-0.3, -0.25) is 0 Å². The molecule has 0 aromatic heterocycles. The lowest BCUT2D eigenvalue weighted by atomic mass is 10.2. The number of para-hydroxylation sites is 1. The molecule has 0 radical (unpaired) electrons. The molecule has 1 aromatic carbocycles. The van der Waals surface area contributed by atoms with Crippen LogP contribution in [0.4, 0.5) is 0 Å². The normalized spacial score (nSPS) is 25.0. The molecule has 3 nitrogen and oxygen atoms in total. The molecule has 1 unspecified atom stereocenters. The van der Waals surface area contributed by atoms with E-state index in [9.17, 15) is 5.11 Å². The second kappa shape index (κ2) is 2.16. The van der Waals surface area contributed by atoms with Crippen molar-refractivity contribution < 1.29 is 5.11 Å². The largest absolute Gasteiger partial charge is 0.355 e. The second-order valence-electron chi connectivity index (χ2n) is 2.65. The molecule has 1 aromatic rings. The zero-order valence-corrected chi connectivity index (χ0v) is 6.23. The Morgan fingerprint density at radius 2 is 2.17 bits per heavy atom. The topological polar surface area (TPSA) is 56.4 Å². The van der Waals surface area contributed by atoms with Crippen LogP contribution < -0.4 is 10.6 Å². The minimum atomic E-state index is -1.65. The Labute approximate surface area is 68.9 Å². The third kappa shape index (κ3) is 0.900. The fraction of sp³-hybridized carbons (Fsp3) is 0.111. The van der Waals surface area contributed by atoms with E-state index in [0.717, 1.165) is 5.22 Å². The van der Waals surface area contributed by atoms with E-state index in [1.165, 1.54) is 6.08 Å². The highest BCUT2D eigenvalue weighted by Gasteiger charge is 2.24. The van der Waals surface area contributed by atoms with Crippen LogP contribution in [0, 0.1) is 11.3 Å². The number of nitrogens with zero attached hydrogens (tertiary/aromatic N) is 2. The van der Waals surface area contributed by atoms with Crippen molar-refractivity contribution in [3.8, 4) is 6.07 Å². The molecule has 3 heteroatoms. The van der Waals surface area contributed by atoms with Crippen molar-refractivity contribution in [3.63, 3.8) is 0 Å². The lowest BCUT2D eigenvalue weighted by molar-refractivity contribution is 0.176. The van der Waals surface area contributed by atoms with Crippen molar-refractivity contribution in [3.05, 3.63) is 34.8 Å². The number of fused-ring (bicyclic) bond motifs is 1. The highest BCUT2D eigenvalue weighted by atomic mass is 16.3. The van der Waals surface area contributed by atoms with Crippen molar-refractivity contribution in [2.75, 3.05) is 0 Å². The van der Waals surface area contributed by atoms with Gasteiger partial charge in [-0.15, -0.1) is 0 Å². The molecule has 58 valence electrons. The van der Waals surface area contributed by atoms with Crippen LogP contribution in [0.25, 0.3) is 6.08 Å². The van der Waals surface area contributed by atoms with E-state index in [-0.39, 0.29) is 0 Å². The number of hydrogen-bond acceptors (Lipinski definition) is 3. The van der Waals surface area contributed by atoms with E-state index >= 15 is 0 Å². The first-order valence-corrected chi connectivity index (χ1v) is 3.55. The zero-order chi connectivity index (χ0) is 8.60. The summed E-state index contributed by atoms with van der Waals surface area (Å²) >= 11 is 0. The summed E-state index contributed by atoms with van der Waals surface area (Å²) < 4.78 is 0. The maximum atomic E-state index is 9.44. The first-order chi connectivity index (χ1) is 5.73. The SMILES string of the molecule is N#CC1(O)C=c2ccccc2=N1. The lowest BCUT2D eigenvalue weighted by Gasteiger charge is -2.02. The molecule has 1 aliphatic heterocycles. The Hall–Kier alpha value is -1.66. The molecule has 0 bridgehead atoms. The molecule has 1 aliphatic rings. The second-order valence-corrected chi connectivity index (χ2v) is 2.65. The van der Waals surface area contributed by atoms with Crippen LogP contribution in [-0.4, -0.2) is 10.8 Å². The molecule has 0 saturated carbocycles. The Balaban J connectivity index is 2.78. The van der Waals surface area contributed by atoms with E-state index in [0.29, 0.717) is 5.36 Å². The molecule has 12 heavy (non-hydrogen) atoms. The van der Waals surface area contributed by atoms with Crippen LogP contribution in [0.15, 0.2) is 29.3 Å². The molecule has 0 amide bonds. The van der Waals surface area contributed by atoms with Crippen LogP contribution >= 0.6 is 0 Å². The van der Waals surface area contributed by atoms with Crippen molar-refractivity contribution in [1.82, 2.24) is 0 Å². The van der Waals surface area contributed by atoms with Crippen molar-refractivity contribution in [2.24, 2.45) is 4.99 Å². The van der Waals surface area contributed by atoms with E-state index in [1.807, 2.05) is 18.2 Å². The van der Waals surface area contributed by atoms with Crippen LogP contribution in [-0.2, 0) is 0 Å². The summed E-state index contributed by atoms with van der Waals surface area (Å²) in [4.78, 5) is 3.84. The molecule has 0 spiro atoms. The molecule has 1 N–H and O–H groups in total. The zero-order valence-electron chi connectivity index (χ0n) is 6.23. The minimum absolute atomic E-state index is 0.668. The third-order valence-corrected chi connectivity index (χ3v) is 1.75. The van der Waals surface area contributed by atoms with Gasteiger partial charge in [0.1, 0.15) is 6.07 Å². The van der Waals surface area contributed by atoms with Gasteiger partial charge in [-0.05, 0) is 12.1 Å². The van der Waals surface area contributed by atoms with E-state index in [4.69, 9.17) is 5.26 Å². The highest BCUT2D eigenvalue weighted by Crippen LogP contribution is 2.07. The Bertz CT molecular complexity index is 435. The van der Waals surface area contributed by atoms with Gasteiger partial charge in [0.15, 0.2) is 0 Å². The van der Waals surface area contributed by atoms with Crippen LogP contribution in [0.2, 0.25) is 0 Å². The van der Waals surface area contributed by atoms with Gasteiger partial charge in [-0.2, -0.15) is 5.26 Å². The predicted molar refractivity (Wildman–Crippen MR) is 42.3 cm³/mol. The maximum Gasteiger partial charge on any atom is 0.266 e. The van der Waals surface area contributed by atoms with E-state index in [1.54, 1.807) is 12.1 Å². The third-order valence-electron chi connectivity index (χ3n) is 1.75. The average Bonchev–Trinajstić information content (AvgIpc) is 2.42. The Kier molecular flexibility index (Phi) is 1.26. The number of aliphatic hydroxyl groups is 1. The maximum absolute atomic E-state index is 9.44. The monoisotopic (exact) mass is 158 g/mol. The van der Waals surface area contributed by atoms with Crippen LogP contribution in [0.3, 0.4) is 0 Å². The van der Waals surface area contributed by atoms with Crippen molar-refractivity contribution in [2.45, 2.75) is 5.72 Å². The Morgan fingerprint density at radius 3 is 2.83 bits per heavy atom. The summed E-state index contributed by atoms with van der Waals surface area (Å²) in [7, 11) is 0. The molecule has 0 saturated heterocycles. The van der Waals surface area contributed by atoms with Gasteiger partial charge in [-0.1, -0.05) is 18.2 Å². The smallest absolute Gasteiger partial charge is 0.266 e. The summed E-state index contributed by atoms with van der Waals surface area (Å²) in [5.74, 6) is 0. The summed E-state index contributed by atoms with van der Waals surface area (Å²) in [5.41, 5.74) is -1.65. The molecule has 1 atom stereocenters. The van der Waals surface area contributed by atoms with Gasteiger partial charge in [0.05, 0.1) is 5.36 Å². The van der Waals surface area contributed by atoms with Gasteiger partial charge in [0.25, 0.3) is 5.72 Å². The van der Waals surface area contributed by atoms with Crippen molar-refractivity contribution >= 4 is 6.08 Å². The predicted octanol–water partition coefficient (Wildman–Crippen LogP) is -0.688. The fourth-order valence-corrected chi connectivity index (χ4v) is 1.20. The summed E-state index contributed by atoms with van der Waals surface area (Å²) in [6, 6.07) is 8.96. The van der Waals surface area contributed by atoms with E-state index in [2.05, 4.69) is 4.99 Å². The lowest BCUT2D eigenvalue weighted by Crippen LogP contribution is -2.19. The van der Waals surface area contributed by atoms with Gasteiger partial charge >= 0.3 is 0 Å². The molecule has 0 aliphatic carbocycles. The minimum Gasteiger partial charge on any atom is -0.355 e. The molecule has 1 heterocycles. The molecule has 0 fully saturated rings. The number of benzene rings is 1.